The number of nitrogens with one attached hydrogen (secondary N) is 1. The Hall–Kier alpha value is -2.37. The third-order valence-electron chi connectivity index (χ3n) is 2.51. The van der Waals surface area contributed by atoms with E-state index in [1.54, 1.807) is 12.1 Å². The number of H-pyrrole nitrogens is 1. The van der Waals surface area contributed by atoms with Crippen LogP contribution in [0.4, 0.5) is 15.9 Å². The Bertz CT molecular complexity index is 567. The van der Waals surface area contributed by atoms with Gasteiger partial charge >= 0.3 is 0 Å². The number of benzene rings is 1. The number of hydrogen-bond donors (Lipinski definition) is 2. The van der Waals surface area contributed by atoms with Crippen molar-refractivity contribution in [1.29, 1.82) is 0 Å². The van der Waals surface area contributed by atoms with Crippen molar-refractivity contribution < 1.29 is 9.18 Å². The second-order valence-corrected chi connectivity index (χ2v) is 3.74. The molecule has 18 heavy (non-hydrogen) atoms. The van der Waals surface area contributed by atoms with E-state index in [0.29, 0.717) is 12.2 Å². The first-order valence-corrected chi connectivity index (χ1v) is 5.50. The Kier molecular flexibility index (Phi) is 3.27. The lowest BCUT2D eigenvalue weighted by atomic mass is 10.2. The van der Waals surface area contributed by atoms with Gasteiger partial charge in [-0.1, -0.05) is 6.07 Å². The van der Waals surface area contributed by atoms with Crippen LogP contribution in [0.3, 0.4) is 0 Å². The SMILES string of the molecule is CCN(C(=O)c1cc(N)n[nH]1)c1cccc(F)c1. The lowest BCUT2D eigenvalue weighted by molar-refractivity contribution is 0.0983. The third-order valence-corrected chi connectivity index (χ3v) is 2.51. The number of rotatable bonds is 3. The second kappa shape index (κ2) is 4.87. The van der Waals surface area contributed by atoms with Gasteiger partial charge < -0.3 is 10.6 Å². The van der Waals surface area contributed by atoms with Crippen LogP contribution in [0.2, 0.25) is 0 Å². The van der Waals surface area contributed by atoms with Gasteiger partial charge in [0.25, 0.3) is 5.91 Å². The van der Waals surface area contributed by atoms with E-state index in [4.69, 9.17) is 5.73 Å². The summed E-state index contributed by atoms with van der Waals surface area (Å²) in [5, 5.41) is 6.24. The van der Waals surface area contributed by atoms with Crippen LogP contribution in [0, 0.1) is 5.82 Å². The number of amides is 1. The Morgan fingerprint density at radius 3 is 2.83 bits per heavy atom. The summed E-state index contributed by atoms with van der Waals surface area (Å²) in [5.41, 5.74) is 6.22. The van der Waals surface area contributed by atoms with Crippen LogP contribution in [0.5, 0.6) is 0 Å². The van der Waals surface area contributed by atoms with E-state index >= 15 is 0 Å². The molecule has 0 aliphatic rings. The van der Waals surface area contributed by atoms with Gasteiger partial charge in [-0.3, -0.25) is 9.89 Å². The summed E-state index contributed by atoms with van der Waals surface area (Å²) in [6.07, 6.45) is 0. The maximum Gasteiger partial charge on any atom is 0.276 e. The fourth-order valence-electron chi connectivity index (χ4n) is 1.68. The molecule has 0 saturated heterocycles. The number of nitrogens with zero attached hydrogens (tertiary/aromatic N) is 2. The average molecular weight is 248 g/mol. The molecule has 6 heteroatoms. The van der Waals surface area contributed by atoms with E-state index in [9.17, 15) is 9.18 Å². The smallest absolute Gasteiger partial charge is 0.276 e. The molecule has 0 fully saturated rings. The molecule has 0 aliphatic heterocycles. The minimum atomic E-state index is -0.386. The van der Waals surface area contributed by atoms with Gasteiger partial charge in [0, 0.05) is 18.3 Å². The van der Waals surface area contributed by atoms with Gasteiger partial charge in [0.1, 0.15) is 17.3 Å². The summed E-state index contributed by atoms with van der Waals surface area (Å²) in [6.45, 7) is 2.23. The van der Waals surface area contributed by atoms with Gasteiger partial charge in [0.2, 0.25) is 0 Å². The van der Waals surface area contributed by atoms with E-state index in [1.807, 2.05) is 6.92 Å². The lowest BCUT2D eigenvalue weighted by Crippen LogP contribution is -2.31. The molecule has 94 valence electrons. The van der Waals surface area contributed by atoms with Crippen LogP contribution in [0.15, 0.2) is 30.3 Å². The molecule has 1 heterocycles. The molecular weight excluding hydrogens is 235 g/mol. The van der Waals surface area contributed by atoms with E-state index in [-0.39, 0.29) is 23.2 Å². The molecule has 3 N–H and O–H groups in total. The number of carbonyl (C=O) groups is 1. The van der Waals surface area contributed by atoms with Crippen LogP contribution in [0.1, 0.15) is 17.4 Å². The van der Waals surface area contributed by atoms with Crippen molar-refractivity contribution in [3.8, 4) is 0 Å². The fourth-order valence-corrected chi connectivity index (χ4v) is 1.68. The Morgan fingerprint density at radius 2 is 2.28 bits per heavy atom. The van der Waals surface area contributed by atoms with Crippen molar-refractivity contribution in [1.82, 2.24) is 10.2 Å². The number of aromatic nitrogens is 2. The Balaban J connectivity index is 2.31. The summed E-state index contributed by atoms with van der Waals surface area (Å²) >= 11 is 0. The number of anilines is 2. The van der Waals surface area contributed by atoms with Gasteiger partial charge in [-0.2, -0.15) is 5.10 Å². The normalized spacial score (nSPS) is 10.3. The monoisotopic (exact) mass is 248 g/mol. The topological polar surface area (TPSA) is 75.0 Å². The Labute approximate surface area is 103 Å². The highest BCUT2D eigenvalue weighted by atomic mass is 19.1. The molecule has 0 unspecified atom stereocenters. The van der Waals surface area contributed by atoms with Gasteiger partial charge in [0.15, 0.2) is 0 Å². The highest BCUT2D eigenvalue weighted by Gasteiger charge is 2.18. The largest absolute Gasteiger partial charge is 0.382 e. The molecule has 1 aromatic heterocycles. The highest BCUT2D eigenvalue weighted by molar-refractivity contribution is 6.05. The van der Waals surface area contributed by atoms with Crippen LogP contribution in [-0.2, 0) is 0 Å². The zero-order valence-corrected chi connectivity index (χ0v) is 9.85. The number of carbonyl (C=O) groups excluding carboxylic acids is 1. The number of nitrogens with two attached hydrogens (primary N) is 1. The highest BCUT2D eigenvalue weighted by Crippen LogP contribution is 2.18. The summed E-state index contributed by atoms with van der Waals surface area (Å²) in [4.78, 5) is 13.6. The van der Waals surface area contributed by atoms with Crippen molar-refractivity contribution in [2.24, 2.45) is 0 Å². The molecule has 0 saturated carbocycles. The van der Waals surface area contributed by atoms with Gasteiger partial charge in [-0.05, 0) is 25.1 Å². The van der Waals surface area contributed by atoms with Crippen molar-refractivity contribution in [3.05, 3.63) is 41.8 Å². The first kappa shape index (κ1) is 12.1. The quantitative estimate of drug-likeness (QED) is 0.869. The van der Waals surface area contributed by atoms with Gasteiger partial charge in [0.05, 0.1) is 0 Å². The molecule has 2 aromatic rings. The predicted molar refractivity (Wildman–Crippen MR) is 66.8 cm³/mol. The maximum absolute atomic E-state index is 13.2. The first-order chi connectivity index (χ1) is 8.61. The molecule has 0 aliphatic carbocycles. The summed E-state index contributed by atoms with van der Waals surface area (Å²) in [5.74, 6) is -0.441. The van der Waals surface area contributed by atoms with E-state index in [1.165, 1.54) is 23.1 Å². The number of aromatic amines is 1. The zero-order chi connectivity index (χ0) is 13.1. The molecule has 2 rings (SSSR count). The average Bonchev–Trinajstić information content (AvgIpc) is 2.77. The number of nitrogen functional groups attached to an aromatic ring is 1. The van der Waals surface area contributed by atoms with Crippen molar-refractivity contribution in [2.45, 2.75) is 6.92 Å². The summed E-state index contributed by atoms with van der Waals surface area (Å²) in [7, 11) is 0. The summed E-state index contributed by atoms with van der Waals surface area (Å²) < 4.78 is 13.2. The molecule has 1 aromatic carbocycles. The standard InChI is InChI=1S/C12H13FN4O/c1-2-17(9-5-3-4-8(13)6-9)12(18)10-7-11(14)16-15-10/h3-7H,2H2,1H3,(H3,14,15,16). The minimum absolute atomic E-state index is 0.244. The fraction of sp³-hybridized carbons (Fsp3) is 0.167. The van der Waals surface area contributed by atoms with Gasteiger partial charge in [-0.15, -0.1) is 0 Å². The zero-order valence-electron chi connectivity index (χ0n) is 9.85. The van der Waals surface area contributed by atoms with Crippen LogP contribution in [-0.4, -0.2) is 22.6 Å². The second-order valence-electron chi connectivity index (χ2n) is 3.74. The molecule has 0 atom stereocenters. The first-order valence-electron chi connectivity index (χ1n) is 5.50. The molecule has 0 bridgehead atoms. The molecule has 0 radical (unpaired) electrons. The van der Waals surface area contributed by atoms with Crippen LogP contribution in [0.25, 0.3) is 0 Å². The molecule has 5 nitrogen and oxygen atoms in total. The van der Waals surface area contributed by atoms with E-state index in [2.05, 4.69) is 10.2 Å². The Morgan fingerprint density at radius 1 is 1.50 bits per heavy atom. The van der Waals surface area contributed by atoms with Crippen LogP contribution < -0.4 is 10.6 Å². The van der Waals surface area contributed by atoms with Crippen molar-refractivity contribution >= 4 is 17.4 Å². The maximum atomic E-state index is 13.2. The lowest BCUT2D eigenvalue weighted by Gasteiger charge is -2.20. The minimum Gasteiger partial charge on any atom is -0.382 e. The van der Waals surface area contributed by atoms with Gasteiger partial charge in [-0.25, -0.2) is 4.39 Å². The molecule has 0 spiro atoms. The van der Waals surface area contributed by atoms with E-state index in [0.717, 1.165) is 0 Å². The summed E-state index contributed by atoms with van der Waals surface area (Å²) in [6, 6.07) is 7.31. The molecule has 1 amide bonds. The van der Waals surface area contributed by atoms with Crippen molar-refractivity contribution in [3.63, 3.8) is 0 Å². The van der Waals surface area contributed by atoms with E-state index < -0.39 is 0 Å². The number of hydrogen-bond acceptors (Lipinski definition) is 3. The van der Waals surface area contributed by atoms with Crippen molar-refractivity contribution in [2.75, 3.05) is 17.2 Å². The third kappa shape index (κ3) is 2.32. The molecular formula is C12H13FN4O. The predicted octanol–water partition coefficient (Wildman–Crippen LogP) is 1.80. The number of halogens is 1. The van der Waals surface area contributed by atoms with Crippen LogP contribution >= 0.6 is 0 Å².